The third kappa shape index (κ3) is 3.61. The standard InChI is InChI=1S/C20H31N3O3/c1-5-21-19(23-17-15-9-11-26-18(15)20(17,2)3)22-10-8-13-6-7-14(25-4)12-16(13)24/h6-7,12,15,17-18,24H,5,8-11H2,1-4H3,(H2,21,22,23). The minimum absolute atomic E-state index is 0.117. The van der Waals surface area contributed by atoms with E-state index in [1.165, 1.54) is 0 Å². The van der Waals surface area contributed by atoms with E-state index >= 15 is 0 Å². The first-order chi connectivity index (χ1) is 12.5. The quantitative estimate of drug-likeness (QED) is 0.536. The number of hydrogen-bond acceptors (Lipinski definition) is 4. The third-order valence-electron chi connectivity index (χ3n) is 5.68. The first-order valence-electron chi connectivity index (χ1n) is 9.49. The average molecular weight is 361 g/mol. The molecule has 3 unspecified atom stereocenters. The van der Waals surface area contributed by atoms with Crippen LogP contribution in [0.25, 0.3) is 0 Å². The van der Waals surface area contributed by atoms with Crippen molar-refractivity contribution in [2.75, 3.05) is 26.8 Å². The number of hydrogen-bond donors (Lipinski definition) is 3. The van der Waals surface area contributed by atoms with Gasteiger partial charge in [-0.15, -0.1) is 0 Å². The predicted molar refractivity (Wildman–Crippen MR) is 103 cm³/mol. The number of methoxy groups -OCH3 is 1. The van der Waals surface area contributed by atoms with Crippen LogP contribution in [-0.2, 0) is 11.2 Å². The molecule has 1 aliphatic heterocycles. The largest absolute Gasteiger partial charge is 0.508 e. The van der Waals surface area contributed by atoms with Gasteiger partial charge in [0.15, 0.2) is 5.96 Å². The molecule has 26 heavy (non-hydrogen) atoms. The van der Waals surface area contributed by atoms with Gasteiger partial charge in [-0.1, -0.05) is 19.9 Å². The fraction of sp³-hybridized carbons (Fsp3) is 0.650. The topological polar surface area (TPSA) is 75.1 Å². The van der Waals surface area contributed by atoms with Gasteiger partial charge in [0.2, 0.25) is 0 Å². The van der Waals surface area contributed by atoms with Gasteiger partial charge in [0, 0.05) is 43.1 Å². The Bertz CT molecular complexity index is 660. The summed E-state index contributed by atoms with van der Waals surface area (Å²) in [6.45, 7) is 8.87. The number of ether oxygens (including phenoxy) is 2. The van der Waals surface area contributed by atoms with Gasteiger partial charge in [-0.3, -0.25) is 4.99 Å². The fourth-order valence-corrected chi connectivity index (χ4v) is 4.25. The highest BCUT2D eigenvalue weighted by Gasteiger charge is 2.59. The number of fused-ring (bicyclic) bond motifs is 1. The van der Waals surface area contributed by atoms with Crippen LogP contribution in [0.5, 0.6) is 11.5 Å². The van der Waals surface area contributed by atoms with Crippen molar-refractivity contribution in [3.05, 3.63) is 23.8 Å². The van der Waals surface area contributed by atoms with Gasteiger partial charge in [0.1, 0.15) is 11.5 Å². The molecule has 6 heteroatoms. The maximum atomic E-state index is 10.1. The molecule has 3 atom stereocenters. The van der Waals surface area contributed by atoms with Crippen LogP contribution >= 0.6 is 0 Å². The van der Waals surface area contributed by atoms with E-state index in [4.69, 9.17) is 14.5 Å². The van der Waals surface area contributed by atoms with E-state index in [0.29, 0.717) is 36.8 Å². The predicted octanol–water partition coefficient (Wildman–Crippen LogP) is 2.31. The van der Waals surface area contributed by atoms with Crippen molar-refractivity contribution in [3.8, 4) is 11.5 Å². The van der Waals surface area contributed by atoms with E-state index in [1.807, 2.05) is 12.1 Å². The zero-order valence-electron chi connectivity index (χ0n) is 16.2. The number of nitrogens with zero attached hydrogens (tertiary/aromatic N) is 1. The molecule has 1 saturated carbocycles. The van der Waals surface area contributed by atoms with Gasteiger partial charge in [-0.25, -0.2) is 0 Å². The summed E-state index contributed by atoms with van der Waals surface area (Å²) in [6, 6.07) is 5.76. The molecule has 1 aliphatic carbocycles. The van der Waals surface area contributed by atoms with E-state index in [1.54, 1.807) is 13.2 Å². The minimum atomic E-state index is 0.117. The van der Waals surface area contributed by atoms with E-state index < -0.39 is 0 Å². The molecule has 0 spiro atoms. The number of benzene rings is 1. The van der Waals surface area contributed by atoms with Gasteiger partial charge >= 0.3 is 0 Å². The Balaban J connectivity index is 1.61. The SMILES string of the molecule is CCNC(=NCCc1ccc(OC)cc1O)NC1C2CCOC2C1(C)C. The molecule has 0 radical (unpaired) electrons. The number of rotatable bonds is 6. The van der Waals surface area contributed by atoms with Crippen LogP contribution in [0.2, 0.25) is 0 Å². The Labute approximate surface area is 156 Å². The van der Waals surface area contributed by atoms with E-state index in [0.717, 1.165) is 31.1 Å². The first kappa shape index (κ1) is 18.8. The normalized spacial score (nSPS) is 26.8. The molecule has 1 aromatic carbocycles. The van der Waals surface area contributed by atoms with E-state index in [-0.39, 0.29) is 11.2 Å². The Morgan fingerprint density at radius 1 is 1.42 bits per heavy atom. The molecule has 144 valence electrons. The number of phenols is 1. The number of nitrogens with one attached hydrogen (secondary N) is 2. The minimum Gasteiger partial charge on any atom is -0.508 e. The van der Waals surface area contributed by atoms with Gasteiger partial charge in [-0.2, -0.15) is 0 Å². The highest BCUT2D eigenvalue weighted by molar-refractivity contribution is 5.80. The summed E-state index contributed by atoms with van der Waals surface area (Å²) in [5.41, 5.74) is 0.990. The molecule has 2 aliphatic rings. The lowest BCUT2D eigenvalue weighted by molar-refractivity contribution is -0.106. The molecule has 6 nitrogen and oxygen atoms in total. The van der Waals surface area contributed by atoms with Gasteiger partial charge < -0.3 is 25.2 Å². The summed E-state index contributed by atoms with van der Waals surface area (Å²) in [4.78, 5) is 4.71. The Kier molecular flexibility index (Phi) is 5.61. The summed E-state index contributed by atoms with van der Waals surface area (Å²) in [6.07, 6.45) is 2.15. The van der Waals surface area contributed by atoms with Crippen molar-refractivity contribution < 1.29 is 14.6 Å². The molecule has 0 bridgehead atoms. The molecular formula is C20H31N3O3. The summed E-state index contributed by atoms with van der Waals surface area (Å²) in [5.74, 6) is 2.32. The molecule has 1 heterocycles. The Morgan fingerprint density at radius 3 is 2.92 bits per heavy atom. The molecule has 1 saturated heterocycles. The van der Waals surface area contributed by atoms with Crippen molar-refractivity contribution in [2.24, 2.45) is 16.3 Å². The van der Waals surface area contributed by atoms with Crippen LogP contribution in [0.3, 0.4) is 0 Å². The second kappa shape index (κ2) is 7.74. The maximum Gasteiger partial charge on any atom is 0.191 e. The van der Waals surface area contributed by atoms with Gasteiger partial charge in [0.25, 0.3) is 0 Å². The molecule has 2 fully saturated rings. The first-order valence-corrected chi connectivity index (χ1v) is 9.49. The molecule has 0 amide bonds. The maximum absolute atomic E-state index is 10.1. The zero-order valence-corrected chi connectivity index (χ0v) is 16.2. The second-order valence-corrected chi connectivity index (χ2v) is 7.69. The Morgan fingerprint density at radius 2 is 2.23 bits per heavy atom. The summed E-state index contributed by atoms with van der Waals surface area (Å²) < 4.78 is 11.0. The van der Waals surface area contributed by atoms with Crippen molar-refractivity contribution in [3.63, 3.8) is 0 Å². The molecule has 0 aromatic heterocycles. The van der Waals surface area contributed by atoms with Crippen LogP contribution in [0.4, 0.5) is 0 Å². The molecule has 1 aromatic rings. The highest BCUT2D eigenvalue weighted by Crippen LogP contribution is 2.52. The molecule has 3 N–H and O–H groups in total. The molecule has 3 rings (SSSR count). The van der Waals surface area contributed by atoms with Crippen LogP contribution in [0.15, 0.2) is 23.2 Å². The molecular weight excluding hydrogens is 330 g/mol. The number of aliphatic imine (C=N–C) groups is 1. The number of aromatic hydroxyl groups is 1. The van der Waals surface area contributed by atoms with Crippen molar-refractivity contribution >= 4 is 5.96 Å². The highest BCUT2D eigenvalue weighted by atomic mass is 16.5. The Hall–Kier alpha value is -1.95. The van der Waals surface area contributed by atoms with E-state index in [9.17, 15) is 5.11 Å². The average Bonchev–Trinajstić information content (AvgIpc) is 3.08. The number of phenolic OH excluding ortho intramolecular Hbond substituents is 1. The van der Waals surface area contributed by atoms with Crippen LogP contribution in [0, 0.1) is 11.3 Å². The number of guanidine groups is 1. The zero-order chi connectivity index (χ0) is 18.7. The van der Waals surface area contributed by atoms with E-state index in [2.05, 4.69) is 31.4 Å². The van der Waals surface area contributed by atoms with Crippen LogP contribution in [-0.4, -0.2) is 50.0 Å². The lowest BCUT2D eigenvalue weighted by Gasteiger charge is -2.54. The van der Waals surface area contributed by atoms with Gasteiger partial charge in [-0.05, 0) is 31.4 Å². The lowest BCUT2D eigenvalue weighted by atomic mass is 9.57. The monoisotopic (exact) mass is 361 g/mol. The van der Waals surface area contributed by atoms with Crippen LogP contribution < -0.4 is 15.4 Å². The summed E-state index contributed by atoms with van der Waals surface area (Å²) in [7, 11) is 1.59. The summed E-state index contributed by atoms with van der Waals surface area (Å²) >= 11 is 0. The van der Waals surface area contributed by atoms with Crippen molar-refractivity contribution in [1.82, 2.24) is 10.6 Å². The summed E-state index contributed by atoms with van der Waals surface area (Å²) in [5, 5.41) is 17.0. The van der Waals surface area contributed by atoms with Crippen molar-refractivity contribution in [1.29, 1.82) is 0 Å². The second-order valence-electron chi connectivity index (χ2n) is 7.69. The van der Waals surface area contributed by atoms with Crippen LogP contribution in [0.1, 0.15) is 32.8 Å². The van der Waals surface area contributed by atoms with Crippen molar-refractivity contribution in [2.45, 2.75) is 45.8 Å². The smallest absolute Gasteiger partial charge is 0.191 e. The van der Waals surface area contributed by atoms with Gasteiger partial charge in [0.05, 0.1) is 13.2 Å². The lowest BCUT2D eigenvalue weighted by Crippen LogP contribution is -2.68. The fourth-order valence-electron chi connectivity index (χ4n) is 4.25. The third-order valence-corrected chi connectivity index (χ3v) is 5.68.